The first-order chi connectivity index (χ1) is 14.0. The van der Waals surface area contributed by atoms with Crippen molar-refractivity contribution < 1.29 is 8.42 Å². The number of pyridine rings is 1. The highest BCUT2D eigenvalue weighted by Gasteiger charge is 2.04. The molecule has 9 heteroatoms. The van der Waals surface area contributed by atoms with Crippen molar-refractivity contribution in [3.8, 4) is 0 Å². The van der Waals surface area contributed by atoms with Gasteiger partial charge in [0.15, 0.2) is 5.82 Å². The van der Waals surface area contributed by atoms with E-state index in [1.165, 1.54) is 0 Å². The molecule has 2 aromatic heterocycles. The molecule has 0 aliphatic carbocycles. The van der Waals surface area contributed by atoms with Crippen molar-refractivity contribution >= 4 is 33.6 Å². The van der Waals surface area contributed by atoms with E-state index in [1.54, 1.807) is 24.4 Å². The molecule has 0 atom stereocenters. The van der Waals surface area contributed by atoms with Crippen LogP contribution in [0.4, 0.5) is 17.5 Å². The predicted octanol–water partition coefficient (Wildman–Crippen LogP) is 2.93. The van der Waals surface area contributed by atoms with E-state index in [0.29, 0.717) is 24.0 Å². The summed E-state index contributed by atoms with van der Waals surface area (Å²) in [7, 11) is -3.50. The highest BCUT2D eigenvalue weighted by Crippen LogP contribution is 2.13. The van der Waals surface area contributed by atoms with Gasteiger partial charge < -0.3 is 10.6 Å². The molecular weight excluding hydrogens is 388 g/mol. The van der Waals surface area contributed by atoms with E-state index in [0.717, 1.165) is 16.5 Å². The highest BCUT2D eigenvalue weighted by atomic mass is 32.2. The Morgan fingerprint density at radius 3 is 2.41 bits per heavy atom. The van der Waals surface area contributed by atoms with Crippen LogP contribution in [-0.4, -0.2) is 36.7 Å². The summed E-state index contributed by atoms with van der Waals surface area (Å²) >= 11 is 0. The summed E-state index contributed by atoms with van der Waals surface area (Å²) in [6, 6.07) is 16.6. The van der Waals surface area contributed by atoms with Gasteiger partial charge in [-0.15, -0.1) is 10.2 Å². The number of rotatable bonds is 9. The van der Waals surface area contributed by atoms with Gasteiger partial charge in [0.05, 0.1) is 0 Å². The van der Waals surface area contributed by atoms with E-state index in [4.69, 9.17) is 0 Å². The third-order valence-corrected chi connectivity index (χ3v) is 4.91. The van der Waals surface area contributed by atoms with Crippen molar-refractivity contribution in [1.29, 1.82) is 0 Å². The van der Waals surface area contributed by atoms with Crippen LogP contribution < -0.4 is 15.4 Å². The van der Waals surface area contributed by atoms with Crippen LogP contribution in [0.3, 0.4) is 0 Å². The smallest absolute Gasteiger partial charge is 0.233 e. The Morgan fingerprint density at radius 2 is 1.69 bits per heavy atom. The fourth-order valence-electron chi connectivity index (χ4n) is 2.39. The molecule has 0 saturated heterocycles. The molecule has 2 heterocycles. The van der Waals surface area contributed by atoms with Crippen molar-refractivity contribution in [2.24, 2.45) is 0 Å². The van der Waals surface area contributed by atoms with Gasteiger partial charge in [0.1, 0.15) is 11.6 Å². The largest absolute Gasteiger partial charge is 0.367 e. The van der Waals surface area contributed by atoms with Crippen molar-refractivity contribution in [1.82, 2.24) is 19.9 Å². The molecular formula is C20H22N6O2S. The summed E-state index contributed by atoms with van der Waals surface area (Å²) in [5, 5.41) is 15.4. The second kappa shape index (κ2) is 9.76. The van der Waals surface area contributed by atoms with E-state index in [-0.39, 0.29) is 6.54 Å². The van der Waals surface area contributed by atoms with E-state index in [9.17, 15) is 8.42 Å². The van der Waals surface area contributed by atoms with Gasteiger partial charge in [0.2, 0.25) is 10.0 Å². The molecule has 1 aromatic carbocycles. The Balaban J connectivity index is 1.44. The quantitative estimate of drug-likeness (QED) is 0.465. The lowest BCUT2D eigenvalue weighted by atomic mass is 10.2. The summed E-state index contributed by atoms with van der Waals surface area (Å²) < 4.78 is 26.5. The number of hydrogen-bond acceptors (Lipinski definition) is 7. The molecule has 0 spiro atoms. The molecule has 0 bridgehead atoms. The molecule has 0 aliphatic rings. The normalized spacial score (nSPS) is 11.5. The van der Waals surface area contributed by atoms with Crippen molar-refractivity contribution in [3.63, 3.8) is 0 Å². The number of nitrogens with one attached hydrogen (secondary N) is 3. The SMILES string of the molecule is Cc1ccnc(Nc2ccc(NCCNS(=O)(=O)/C=C/c3ccccc3)nn2)c1. The number of nitrogens with zero attached hydrogens (tertiary/aromatic N) is 3. The first kappa shape index (κ1) is 20.4. The number of sulfonamides is 1. The lowest BCUT2D eigenvalue weighted by Crippen LogP contribution is -2.27. The minimum atomic E-state index is -3.50. The van der Waals surface area contributed by atoms with E-state index in [2.05, 4.69) is 30.5 Å². The minimum Gasteiger partial charge on any atom is -0.367 e. The van der Waals surface area contributed by atoms with Gasteiger partial charge in [0.25, 0.3) is 0 Å². The molecule has 150 valence electrons. The summed E-state index contributed by atoms with van der Waals surface area (Å²) in [5.74, 6) is 1.81. The van der Waals surface area contributed by atoms with Crippen LogP contribution in [0.25, 0.3) is 6.08 Å². The number of aromatic nitrogens is 3. The second-order valence-electron chi connectivity index (χ2n) is 6.23. The summed E-state index contributed by atoms with van der Waals surface area (Å²) in [6.07, 6.45) is 3.27. The number of anilines is 3. The van der Waals surface area contributed by atoms with Crippen molar-refractivity contribution in [3.05, 3.63) is 77.3 Å². The van der Waals surface area contributed by atoms with E-state index in [1.807, 2.05) is 49.4 Å². The third kappa shape index (κ3) is 6.98. The van der Waals surface area contributed by atoms with Gasteiger partial charge in [-0.05, 0) is 48.4 Å². The predicted molar refractivity (Wildman–Crippen MR) is 115 cm³/mol. The summed E-state index contributed by atoms with van der Waals surface area (Å²) in [5.41, 5.74) is 1.91. The van der Waals surface area contributed by atoms with Gasteiger partial charge in [0, 0.05) is 24.7 Å². The maximum atomic E-state index is 12.0. The van der Waals surface area contributed by atoms with Crippen molar-refractivity contribution in [2.75, 3.05) is 23.7 Å². The maximum absolute atomic E-state index is 12.0. The topological polar surface area (TPSA) is 109 Å². The average Bonchev–Trinajstić information content (AvgIpc) is 2.72. The number of benzene rings is 1. The number of hydrogen-bond donors (Lipinski definition) is 3. The lowest BCUT2D eigenvalue weighted by molar-refractivity contribution is 0.592. The Bertz CT molecular complexity index is 1050. The average molecular weight is 411 g/mol. The van der Waals surface area contributed by atoms with Crippen molar-refractivity contribution in [2.45, 2.75) is 6.92 Å². The van der Waals surface area contributed by atoms with Crippen LogP contribution in [0.5, 0.6) is 0 Å². The van der Waals surface area contributed by atoms with Gasteiger partial charge in [-0.3, -0.25) is 0 Å². The fourth-order valence-corrected chi connectivity index (χ4v) is 3.21. The number of aryl methyl sites for hydroxylation is 1. The first-order valence-corrected chi connectivity index (χ1v) is 10.5. The Kier molecular flexibility index (Phi) is 6.88. The molecule has 29 heavy (non-hydrogen) atoms. The monoisotopic (exact) mass is 410 g/mol. The highest BCUT2D eigenvalue weighted by molar-refractivity contribution is 7.92. The minimum absolute atomic E-state index is 0.219. The lowest BCUT2D eigenvalue weighted by Gasteiger charge is -2.07. The zero-order valence-corrected chi connectivity index (χ0v) is 16.7. The van der Waals surface area contributed by atoms with Gasteiger partial charge in [-0.25, -0.2) is 18.1 Å². The van der Waals surface area contributed by atoms with E-state index >= 15 is 0 Å². The Labute approximate surface area is 170 Å². The molecule has 3 N–H and O–H groups in total. The molecule has 3 rings (SSSR count). The molecule has 0 fully saturated rings. The summed E-state index contributed by atoms with van der Waals surface area (Å²) in [6.45, 7) is 2.58. The van der Waals surface area contributed by atoms with Crippen LogP contribution in [0.1, 0.15) is 11.1 Å². The molecule has 0 amide bonds. The van der Waals surface area contributed by atoms with Gasteiger partial charge in [-0.1, -0.05) is 30.3 Å². The molecule has 3 aromatic rings. The summed E-state index contributed by atoms with van der Waals surface area (Å²) in [4.78, 5) is 4.21. The van der Waals surface area contributed by atoms with Crippen LogP contribution in [0.15, 0.2) is 66.2 Å². The zero-order chi connectivity index (χ0) is 20.5. The van der Waals surface area contributed by atoms with Crippen LogP contribution in [0.2, 0.25) is 0 Å². The maximum Gasteiger partial charge on any atom is 0.233 e. The molecule has 8 nitrogen and oxygen atoms in total. The van der Waals surface area contributed by atoms with Crippen LogP contribution in [0, 0.1) is 6.92 Å². The first-order valence-electron chi connectivity index (χ1n) is 9.00. The standard InChI is InChI=1S/C20H22N6O2S/c1-16-9-11-21-20(15-16)24-19-8-7-18(25-26-19)22-12-13-23-29(27,28)14-10-17-5-3-2-4-6-17/h2-11,14-15,23H,12-13H2,1H3,(H,22,25)(H,21,24,26)/b14-10+. The second-order valence-corrected chi connectivity index (χ2v) is 7.88. The van der Waals surface area contributed by atoms with Crippen LogP contribution >= 0.6 is 0 Å². The van der Waals surface area contributed by atoms with Gasteiger partial charge >= 0.3 is 0 Å². The fraction of sp³-hybridized carbons (Fsp3) is 0.150. The molecule has 0 unspecified atom stereocenters. The molecule has 0 saturated carbocycles. The molecule has 0 aliphatic heterocycles. The van der Waals surface area contributed by atoms with E-state index < -0.39 is 10.0 Å². The van der Waals surface area contributed by atoms with Gasteiger partial charge in [-0.2, -0.15) is 0 Å². The Hall–Kier alpha value is -3.30. The zero-order valence-electron chi connectivity index (χ0n) is 15.9. The third-order valence-electron chi connectivity index (χ3n) is 3.81. The molecule has 0 radical (unpaired) electrons. The van der Waals surface area contributed by atoms with Crippen LogP contribution in [-0.2, 0) is 10.0 Å². The Morgan fingerprint density at radius 1 is 0.931 bits per heavy atom.